The van der Waals surface area contributed by atoms with Crippen molar-refractivity contribution < 1.29 is 19.8 Å². The van der Waals surface area contributed by atoms with Crippen LogP contribution in [0.3, 0.4) is 0 Å². The summed E-state index contributed by atoms with van der Waals surface area (Å²) in [6.07, 6.45) is 0. The molecule has 3 rings (SSSR count). The molecule has 2 N–H and O–H groups in total. The second kappa shape index (κ2) is 5.48. The molecule has 0 amide bonds. The van der Waals surface area contributed by atoms with E-state index in [2.05, 4.69) is 32.9 Å². The average Bonchev–Trinajstić information content (AvgIpc) is 2.77. The number of carbonyl (C=O) groups is 2. The number of fused-ring (bicyclic) bond motifs is 1. The third-order valence-electron chi connectivity index (χ3n) is 5.75. The second-order valence-corrected chi connectivity index (χ2v) is 6.74. The molecule has 24 heavy (non-hydrogen) atoms. The number of aromatic carboxylic acids is 2. The predicted molar refractivity (Wildman–Crippen MR) is 90.8 cm³/mol. The van der Waals surface area contributed by atoms with Crippen molar-refractivity contribution >= 4 is 11.9 Å². The van der Waals surface area contributed by atoms with Gasteiger partial charge in [-0.2, -0.15) is 0 Å². The lowest BCUT2D eigenvalue weighted by Gasteiger charge is -2.33. The quantitative estimate of drug-likeness (QED) is 0.889. The molecule has 0 fully saturated rings. The van der Waals surface area contributed by atoms with E-state index in [9.17, 15) is 19.8 Å². The molecule has 1 aliphatic carbocycles. The van der Waals surface area contributed by atoms with Crippen molar-refractivity contribution in [3.05, 3.63) is 70.3 Å². The van der Waals surface area contributed by atoms with Crippen LogP contribution in [0.4, 0.5) is 0 Å². The number of benzene rings is 2. The van der Waals surface area contributed by atoms with E-state index in [1.807, 2.05) is 12.1 Å². The van der Waals surface area contributed by atoms with Gasteiger partial charge in [-0.25, -0.2) is 9.59 Å². The van der Waals surface area contributed by atoms with Gasteiger partial charge in [0.05, 0.1) is 11.1 Å². The number of hydrogen-bond donors (Lipinski definition) is 2. The summed E-state index contributed by atoms with van der Waals surface area (Å²) in [7, 11) is 0. The highest BCUT2D eigenvalue weighted by Crippen LogP contribution is 2.53. The van der Waals surface area contributed by atoms with Crippen LogP contribution in [0, 0.1) is 5.92 Å². The predicted octanol–water partition coefficient (Wildman–Crippen LogP) is 4.14. The zero-order valence-corrected chi connectivity index (χ0v) is 13.9. The van der Waals surface area contributed by atoms with E-state index in [1.54, 1.807) is 6.07 Å². The van der Waals surface area contributed by atoms with E-state index in [-0.39, 0.29) is 22.5 Å². The van der Waals surface area contributed by atoms with Crippen molar-refractivity contribution in [1.29, 1.82) is 0 Å². The lowest BCUT2D eigenvalue weighted by atomic mass is 9.70. The second-order valence-electron chi connectivity index (χ2n) is 6.74. The number of carboxylic acids is 2. The summed E-state index contributed by atoms with van der Waals surface area (Å²) in [4.78, 5) is 22.8. The summed E-state index contributed by atoms with van der Waals surface area (Å²) in [6.45, 7) is 6.45. The van der Waals surface area contributed by atoms with Crippen LogP contribution in [0.15, 0.2) is 42.5 Å². The third kappa shape index (κ3) is 2.13. The van der Waals surface area contributed by atoms with Crippen molar-refractivity contribution in [2.75, 3.05) is 0 Å². The van der Waals surface area contributed by atoms with Gasteiger partial charge in [0.25, 0.3) is 0 Å². The standard InChI is InChI=1S/C20H20O4/c1-11-12(2)20(3,17-7-5-4-6-14(11)17)13-8-9-15(18(21)22)16(10-13)19(23)24/h4-12H,1-3H3,(H,21,22)(H,23,24). The summed E-state index contributed by atoms with van der Waals surface area (Å²) in [6, 6.07) is 12.9. The van der Waals surface area contributed by atoms with Gasteiger partial charge in [-0.1, -0.05) is 51.1 Å². The topological polar surface area (TPSA) is 74.6 Å². The van der Waals surface area contributed by atoms with Crippen LogP contribution in [-0.4, -0.2) is 22.2 Å². The van der Waals surface area contributed by atoms with Crippen LogP contribution in [0.25, 0.3) is 0 Å². The highest BCUT2D eigenvalue weighted by atomic mass is 16.4. The van der Waals surface area contributed by atoms with Gasteiger partial charge in [-0.15, -0.1) is 0 Å². The van der Waals surface area contributed by atoms with Gasteiger partial charge in [-0.05, 0) is 40.7 Å². The molecule has 0 aliphatic heterocycles. The summed E-state index contributed by atoms with van der Waals surface area (Å²) in [5, 5.41) is 18.6. The first-order chi connectivity index (χ1) is 11.3. The Bertz CT molecular complexity index is 839. The Hall–Kier alpha value is -2.62. The van der Waals surface area contributed by atoms with E-state index in [0.717, 1.165) is 5.56 Å². The molecule has 3 atom stereocenters. The average molecular weight is 324 g/mol. The summed E-state index contributed by atoms with van der Waals surface area (Å²) in [5.41, 5.74) is 2.61. The van der Waals surface area contributed by atoms with Crippen LogP contribution >= 0.6 is 0 Å². The molecule has 0 saturated carbocycles. The molecular weight excluding hydrogens is 304 g/mol. The normalized spacial score (nSPS) is 25.3. The van der Waals surface area contributed by atoms with Crippen LogP contribution < -0.4 is 0 Å². The number of hydrogen-bond acceptors (Lipinski definition) is 2. The highest BCUT2D eigenvalue weighted by molar-refractivity contribution is 6.01. The first kappa shape index (κ1) is 16.2. The summed E-state index contributed by atoms with van der Waals surface area (Å²) < 4.78 is 0. The maximum Gasteiger partial charge on any atom is 0.336 e. The Labute approximate surface area is 140 Å². The Morgan fingerprint density at radius 1 is 0.958 bits per heavy atom. The Morgan fingerprint density at radius 3 is 2.21 bits per heavy atom. The molecule has 0 bridgehead atoms. The molecule has 124 valence electrons. The minimum Gasteiger partial charge on any atom is -0.478 e. The molecule has 3 unspecified atom stereocenters. The fourth-order valence-electron chi connectivity index (χ4n) is 4.03. The number of carboxylic acid groups (broad SMARTS) is 2. The molecule has 2 aromatic carbocycles. The van der Waals surface area contributed by atoms with E-state index in [4.69, 9.17) is 0 Å². The van der Waals surface area contributed by atoms with E-state index in [1.165, 1.54) is 23.3 Å². The van der Waals surface area contributed by atoms with Crippen molar-refractivity contribution in [3.8, 4) is 0 Å². The maximum absolute atomic E-state index is 11.5. The highest BCUT2D eigenvalue weighted by Gasteiger charge is 2.46. The molecule has 0 saturated heterocycles. The fourth-order valence-corrected chi connectivity index (χ4v) is 4.03. The Balaban J connectivity index is 2.24. The zero-order valence-electron chi connectivity index (χ0n) is 13.9. The van der Waals surface area contributed by atoms with Crippen molar-refractivity contribution in [2.24, 2.45) is 5.92 Å². The number of rotatable bonds is 3. The van der Waals surface area contributed by atoms with Crippen LogP contribution in [0.1, 0.15) is 64.1 Å². The monoisotopic (exact) mass is 324 g/mol. The fraction of sp³-hybridized carbons (Fsp3) is 0.300. The Morgan fingerprint density at radius 2 is 1.58 bits per heavy atom. The van der Waals surface area contributed by atoms with Gasteiger partial charge in [0, 0.05) is 5.41 Å². The van der Waals surface area contributed by atoms with Gasteiger partial charge in [-0.3, -0.25) is 0 Å². The minimum atomic E-state index is -1.22. The minimum absolute atomic E-state index is 0.162. The van der Waals surface area contributed by atoms with Gasteiger partial charge >= 0.3 is 11.9 Å². The summed E-state index contributed by atoms with van der Waals surface area (Å²) >= 11 is 0. The van der Waals surface area contributed by atoms with Gasteiger partial charge in [0.1, 0.15) is 0 Å². The molecule has 1 aliphatic rings. The molecule has 0 radical (unpaired) electrons. The van der Waals surface area contributed by atoms with Crippen LogP contribution in [-0.2, 0) is 5.41 Å². The molecule has 0 aromatic heterocycles. The molecular formula is C20H20O4. The van der Waals surface area contributed by atoms with E-state index < -0.39 is 11.9 Å². The van der Waals surface area contributed by atoms with E-state index >= 15 is 0 Å². The van der Waals surface area contributed by atoms with Crippen LogP contribution in [0.2, 0.25) is 0 Å². The first-order valence-electron chi connectivity index (χ1n) is 7.99. The SMILES string of the molecule is CC1c2ccccc2C(C)(c2ccc(C(=O)O)c(C(=O)O)c2)C1C. The smallest absolute Gasteiger partial charge is 0.336 e. The molecule has 4 nitrogen and oxygen atoms in total. The largest absolute Gasteiger partial charge is 0.478 e. The third-order valence-corrected chi connectivity index (χ3v) is 5.75. The maximum atomic E-state index is 11.5. The van der Waals surface area contributed by atoms with E-state index in [0.29, 0.717) is 5.92 Å². The first-order valence-corrected chi connectivity index (χ1v) is 7.99. The van der Waals surface area contributed by atoms with Gasteiger partial charge in [0.2, 0.25) is 0 Å². The zero-order chi connectivity index (χ0) is 17.6. The molecule has 4 heteroatoms. The van der Waals surface area contributed by atoms with Gasteiger partial charge in [0.15, 0.2) is 0 Å². The van der Waals surface area contributed by atoms with Crippen LogP contribution in [0.5, 0.6) is 0 Å². The lowest BCUT2D eigenvalue weighted by Crippen LogP contribution is -2.29. The van der Waals surface area contributed by atoms with Crippen molar-refractivity contribution in [2.45, 2.75) is 32.1 Å². The summed E-state index contributed by atoms with van der Waals surface area (Å²) in [5.74, 6) is -1.83. The molecule has 2 aromatic rings. The Kier molecular flexibility index (Phi) is 3.71. The van der Waals surface area contributed by atoms with Crippen molar-refractivity contribution in [1.82, 2.24) is 0 Å². The van der Waals surface area contributed by atoms with Crippen molar-refractivity contribution in [3.63, 3.8) is 0 Å². The van der Waals surface area contributed by atoms with Gasteiger partial charge < -0.3 is 10.2 Å². The molecule has 0 spiro atoms. The molecule has 0 heterocycles. The lowest BCUT2D eigenvalue weighted by molar-refractivity contribution is 0.0651.